The van der Waals surface area contributed by atoms with Crippen LogP contribution in [0.15, 0.2) is 12.4 Å². The van der Waals surface area contributed by atoms with Crippen LogP contribution in [0, 0.1) is 6.92 Å². The van der Waals surface area contributed by atoms with E-state index in [9.17, 15) is 4.79 Å². The number of aromatic nitrogens is 3. The van der Waals surface area contributed by atoms with E-state index in [0.29, 0.717) is 17.1 Å². The monoisotopic (exact) mass is 265 g/mol. The molecule has 0 aliphatic rings. The van der Waals surface area contributed by atoms with Crippen molar-refractivity contribution in [2.24, 2.45) is 0 Å². The number of hydrogen-bond donors (Lipinski definition) is 3. The van der Waals surface area contributed by atoms with Crippen molar-refractivity contribution in [3.8, 4) is 0 Å². The second-order valence-corrected chi connectivity index (χ2v) is 5.17. The van der Waals surface area contributed by atoms with Crippen molar-refractivity contribution in [1.82, 2.24) is 20.5 Å². The van der Waals surface area contributed by atoms with Crippen LogP contribution in [-0.4, -0.2) is 27.6 Å². The van der Waals surface area contributed by atoms with Crippen molar-refractivity contribution in [2.45, 2.75) is 19.8 Å². The summed E-state index contributed by atoms with van der Waals surface area (Å²) in [4.78, 5) is 17.4. The summed E-state index contributed by atoms with van der Waals surface area (Å²) in [6.45, 7) is 2.51. The molecule has 0 spiro atoms. The fourth-order valence-electron chi connectivity index (χ4n) is 1.50. The van der Waals surface area contributed by atoms with Gasteiger partial charge in [0.05, 0.1) is 4.88 Å². The Morgan fingerprint density at radius 1 is 1.61 bits per heavy atom. The number of nitrogens with zero attached hydrogens (tertiary/aromatic N) is 2. The van der Waals surface area contributed by atoms with Gasteiger partial charge in [0.1, 0.15) is 12.2 Å². The molecule has 4 N–H and O–H groups in total. The Hall–Kier alpha value is -1.89. The molecule has 96 valence electrons. The maximum Gasteiger partial charge on any atom is 0.261 e. The van der Waals surface area contributed by atoms with Crippen molar-refractivity contribution >= 4 is 22.9 Å². The number of hydrogen-bond acceptors (Lipinski definition) is 5. The molecule has 0 saturated heterocycles. The van der Waals surface area contributed by atoms with Crippen LogP contribution in [0.2, 0.25) is 0 Å². The van der Waals surface area contributed by atoms with Gasteiger partial charge in [-0.25, -0.2) is 4.98 Å². The highest BCUT2D eigenvalue weighted by Gasteiger charge is 2.10. The molecule has 0 bridgehead atoms. The van der Waals surface area contributed by atoms with E-state index >= 15 is 0 Å². The number of nitrogen functional groups attached to an aromatic ring is 1. The van der Waals surface area contributed by atoms with Gasteiger partial charge in [0, 0.05) is 23.5 Å². The first kappa shape index (κ1) is 12.6. The summed E-state index contributed by atoms with van der Waals surface area (Å²) >= 11 is 1.41. The third-order valence-electron chi connectivity index (χ3n) is 2.52. The molecule has 2 rings (SSSR count). The summed E-state index contributed by atoms with van der Waals surface area (Å²) in [5.74, 6) is 0.762. The van der Waals surface area contributed by atoms with Crippen molar-refractivity contribution in [1.29, 1.82) is 0 Å². The number of carbonyl (C=O) groups is 1. The number of thiophene rings is 1. The van der Waals surface area contributed by atoms with Crippen LogP contribution in [-0.2, 0) is 6.42 Å². The minimum Gasteiger partial charge on any atom is -0.398 e. The van der Waals surface area contributed by atoms with E-state index in [-0.39, 0.29) is 5.91 Å². The average molecular weight is 265 g/mol. The predicted molar refractivity (Wildman–Crippen MR) is 70.5 cm³/mol. The van der Waals surface area contributed by atoms with Gasteiger partial charge in [-0.05, 0) is 19.4 Å². The molecular formula is C11H15N5OS. The molecule has 6 nitrogen and oxygen atoms in total. The SMILES string of the molecule is Cc1sc(C(=O)NCCCc2ncn[nH]2)cc1N. The molecule has 7 heteroatoms. The van der Waals surface area contributed by atoms with Gasteiger partial charge in [0.25, 0.3) is 5.91 Å². The highest BCUT2D eigenvalue weighted by atomic mass is 32.1. The first-order valence-electron chi connectivity index (χ1n) is 5.65. The highest BCUT2D eigenvalue weighted by molar-refractivity contribution is 7.14. The molecule has 0 unspecified atom stereocenters. The molecule has 18 heavy (non-hydrogen) atoms. The lowest BCUT2D eigenvalue weighted by Gasteiger charge is -2.01. The van der Waals surface area contributed by atoms with Crippen molar-refractivity contribution in [3.63, 3.8) is 0 Å². The van der Waals surface area contributed by atoms with Gasteiger partial charge in [-0.15, -0.1) is 11.3 Å². The highest BCUT2D eigenvalue weighted by Crippen LogP contribution is 2.22. The number of aryl methyl sites for hydroxylation is 2. The summed E-state index contributed by atoms with van der Waals surface area (Å²) in [5.41, 5.74) is 6.38. The van der Waals surface area contributed by atoms with Gasteiger partial charge in [0.2, 0.25) is 0 Å². The maximum atomic E-state index is 11.8. The second kappa shape index (κ2) is 5.63. The normalized spacial score (nSPS) is 10.5. The lowest BCUT2D eigenvalue weighted by Crippen LogP contribution is -2.24. The number of nitrogens with two attached hydrogens (primary N) is 1. The number of anilines is 1. The van der Waals surface area contributed by atoms with E-state index in [0.717, 1.165) is 23.5 Å². The zero-order valence-electron chi connectivity index (χ0n) is 10.1. The number of aromatic amines is 1. The summed E-state index contributed by atoms with van der Waals surface area (Å²) in [6, 6.07) is 1.71. The summed E-state index contributed by atoms with van der Waals surface area (Å²) in [6.07, 6.45) is 3.07. The molecule has 0 aliphatic heterocycles. The van der Waals surface area contributed by atoms with E-state index < -0.39 is 0 Å². The van der Waals surface area contributed by atoms with Crippen LogP contribution in [0.1, 0.15) is 26.8 Å². The number of nitrogens with one attached hydrogen (secondary N) is 2. The van der Waals surface area contributed by atoms with Crippen LogP contribution in [0.25, 0.3) is 0 Å². The summed E-state index contributed by atoms with van der Waals surface area (Å²) in [7, 11) is 0. The second-order valence-electron chi connectivity index (χ2n) is 3.91. The predicted octanol–water partition coefficient (Wildman–Crippen LogP) is 1.12. The fourth-order valence-corrected chi connectivity index (χ4v) is 2.36. The third kappa shape index (κ3) is 3.07. The van der Waals surface area contributed by atoms with Gasteiger partial charge in [-0.1, -0.05) is 0 Å². The van der Waals surface area contributed by atoms with E-state index in [1.54, 1.807) is 6.07 Å². The van der Waals surface area contributed by atoms with Crippen LogP contribution >= 0.6 is 11.3 Å². The number of amides is 1. The van der Waals surface area contributed by atoms with E-state index in [1.165, 1.54) is 17.7 Å². The summed E-state index contributed by atoms with van der Waals surface area (Å²) < 4.78 is 0. The zero-order valence-corrected chi connectivity index (χ0v) is 10.9. The molecule has 0 fully saturated rings. The molecular weight excluding hydrogens is 250 g/mol. The quantitative estimate of drug-likeness (QED) is 0.706. The minimum absolute atomic E-state index is 0.0719. The average Bonchev–Trinajstić information content (AvgIpc) is 2.96. The Kier molecular flexibility index (Phi) is 3.93. The molecule has 0 saturated carbocycles. The van der Waals surface area contributed by atoms with Crippen LogP contribution in [0.3, 0.4) is 0 Å². The van der Waals surface area contributed by atoms with Crippen molar-refractivity contribution in [2.75, 3.05) is 12.3 Å². The molecule has 0 radical (unpaired) electrons. The lowest BCUT2D eigenvalue weighted by molar-refractivity contribution is 0.0957. The third-order valence-corrected chi connectivity index (χ3v) is 3.59. The molecule has 1 amide bonds. The molecule has 2 aromatic heterocycles. The maximum absolute atomic E-state index is 11.8. The first-order chi connectivity index (χ1) is 8.66. The Morgan fingerprint density at radius 3 is 3.06 bits per heavy atom. The largest absolute Gasteiger partial charge is 0.398 e. The first-order valence-corrected chi connectivity index (χ1v) is 6.47. The van der Waals surface area contributed by atoms with Gasteiger partial charge in [0.15, 0.2) is 0 Å². The number of carbonyl (C=O) groups excluding carboxylic acids is 1. The number of rotatable bonds is 5. The number of H-pyrrole nitrogens is 1. The standard InChI is InChI=1S/C11H15N5OS/c1-7-8(12)5-9(18-7)11(17)13-4-2-3-10-14-6-15-16-10/h5-6H,2-4,12H2,1H3,(H,13,17)(H,14,15,16). The molecule has 2 heterocycles. The molecule has 0 aliphatic carbocycles. The van der Waals surface area contributed by atoms with Crippen molar-refractivity contribution < 1.29 is 4.79 Å². The molecule has 0 atom stereocenters. The van der Waals surface area contributed by atoms with E-state index in [4.69, 9.17) is 5.73 Å². The van der Waals surface area contributed by atoms with Gasteiger partial charge in [-0.2, -0.15) is 5.10 Å². The zero-order chi connectivity index (χ0) is 13.0. The van der Waals surface area contributed by atoms with Crippen LogP contribution in [0.5, 0.6) is 0 Å². The van der Waals surface area contributed by atoms with Crippen LogP contribution < -0.4 is 11.1 Å². The van der Waals surface area contributed by atoms with Crippen LogP contribution in [0.4, 0.5) is 5.69 Å². The van der Waals surface area contributed by atoms with Gasteiger partial charge < -0.3 is 11.1 Å². The Balaban J connectivity index is 1.75. The van der Waals surface area contributed by atoms with Gasteiger partial charge in [-0.3, -0.25) is 9.89 Å². The van der Waals surface area contributed by atoms with E-state index in [1.807, 2.05) is 6.92 Å². The lowest BCUT2D eigenvalue weighted by atomic mass is 10.3. The Labute approximate surface area is 109 Å². The fraction of sp³-hybridized carbons (Fsp3) is 0.364. The Morgan fingerprint density at radius 2 is 2.44 bits per heavy atom. The molecule has 0 aromatic carbocycles. The minimum atomic E-state index is -0.0719. The van der Waals surface area contributed by atoms with Crippen molar-refractivity contribution in [3.05, 3.63) is 28.0 Å². The Bertz CT molecular complexity index is 500. The smallest absolute Gasteiger partial charge is 0.261 e. The topological polar surface area (TPSA) is 96.7 Å². The van der Waals surface area contributed by atoms with Gasteiger partial charge >= 0.3 is 0 Å². The van der Waals surface area contributed by atoms with E-state index in [2.05, 4.69) is 20.5 Å². The summed E-state index contributed by atoms with van der Waals surface area (Å²) in [5, 5.41) is 9.40. The molecule has 2 aromatic rings.